The number of benzene rings is 3. The van der Waals surface area contributed by atoms with Gasteiger partial charge < -0.3 is 20.3 Å². The number of nitrogens with one attached hydrogen (secondary N) is 2. The monoisotopic (exact) mass is 547 g/mol. The Bertz CT molecular complexity index is 1350. The largest absolute Gasteiger partial charge is 0.496 e. The van der Waals surface area contributed by atoms with Crippen LogP contribution in [0.25, 0.3) is 0 Å². The van der Waals surface area contributed by atoms with Crippen molar-refractivity contribution in [1.29, 1.82) is 0 Å². The number of nitrogens with zero attached hydrogens (tertiary/aromatic N) is 1. The minimum absolute atomic E-state index is 0.0476. The summed E-state index contributed by atoms with van der Waals surface area (Å²) in [6, 6.07) is 18.4. The number of halogens is 1. The maximum absolute atomic E-state index is 13.9. The summed E-state index contributed by atoms with van der Waals surface area (Å²) >= 11 is 6.43. The van der Waals surface area contributed by atoms with E-state index in [4.69, 9.17) is 16.3 Å². The molecule has 1 heterocycles. The van der Waals surface area contributed by atoms with Crippen molar-refractivity contribution in [3.05, 3.63) is 87.9 Å². The molecular formula is C32H38ClN3O3. The Morgan fingerprint density at radius 3 is 2.54 bits per heavy atom. The lowest BCUT2D eigenvalue weighted by atomic mass is 9.90. The van der Waals surface area contributed by atoms with E-state index in [0.29, 0.717) is 40.0 Å². The lowest BCUT2D eigenvalue weighted by Crippen LogP contribution is -2.36. The Kier molecular flexibility index (Phi) is 8.98. The first-order valence-corrected chi connectivity index (χ1v) is 13.9. The number of ether oxygens (including phenoxy) is 1. The SMILES string of the molecule is COc1cc(NC(=O)c2ccccc2C)ccc1C(=O)N1CCCC(CCNC(C)(C)C)c2cc(Cl)ccc21. The lowest BCUT2D eigenvalue weighted by molar-refractivity contribution is 0.0983. The third kappa shape index (κ3) is 7.00. The number of hydrogen-bond donors (Lipinski definition) is 2. The van der Waals surface area contributed by atoms with Gasteiger partial charge in [0.15, 0.2) is 0 Å². The van der Waals surface area contributed by atoms with Gasteiger partial charge >= 0.3 is 0 Å². The van der Waals surface area contributed by atoms with Crippen molar-refractivity contribution in [2.45, 2.75) is 58.4 Å². The highest BCUT2D eigenvalue weighted by molar-refractivity contribution is 6.30. The maximum Gasteiger partial charge on any atom is 0.262 e. The van der Waals surface area contributed by atoms with E-state index in [1.165, 1.54) is 7.11 Å². The summed E-state index contributed by atoms with van der Waals surface area (Å²) in [6.45, 7) is 9.88. The van der Waals surface area contributed by atoms with E-state index in [2.05, 4.69) is 31.4 Å². The average Bonchev–Trinajstić information content (AvgIpc) is 3.07. The minimum atomic E-state index is -0.209. The van der Waals surface area contributed by atoms with Crippen LogP contribution in [0, 0.1) is 6.92 Å². The van der Waals surface area contributed by atoms with Gasteiger partial charge in [-0.1, -0.05) is 29.8 Å². The number of aryl methyl sites for hydroxylation is 1. The number of carbonyl (C=O) groups excluding carboxylic acids is 2. The van der Waals surface area contributed by atoms with E-state index in [-0.39, 0.29) is 17.4 Å². The molecule has 1 unspecified atom stereocenters. The second-order valence-corrected chi connectivity index (χ2v) is 11.6. The molecule has 0 fully saturated rings. The van der Waals surface area contributed by atoms with Gasteiger partial charge in [-0.05, 0) is 107 Å². The van der Waals surface area contributed by atoms with Crippen molar-refractivity contribution in [3.63, 3.8) is 0 Å². The van der Waals surface area contributed by atoms with Crippen LogP contribution in [0.15, 0.2) is 60.7 Å². The molecule has 3 aromatic rings. The van der Waals surface area contributed by atoms with Gasteiger partial charge in [0.25, 0.3) is 11.8 Å². The molecule has 4 rings (SSSR count). The van der Waals surface area contributed by atoms with Crippen LogP contribution in [0.5, 0.6) is 5.75 Å². The molecule has 39 heavy (non-hydrogen) atoms. The second-order valence-electron chi connectivity index (χ2n) is 11.1. The molecular weight excluding hydrogens is 510 g/mol. The molecule has 0 spiro atoms. The first kappa shape index (κ1) is 28.7. The molecule has 206 valence electrons. The Morgan fingerprint density at radius 2 is 1.82 bits per heavy atom. The van der Waals surface area contributed by atoms with Crippen LogP contribution in [-0.2, 0) is 0 Å². The first-order chi connectivity index (χ1) is 18.6. The van der Waals surface area contributed by atoms with Gasteiger partial charge in [-0.25, -0.2) is 0 Å². The van der Waals surface area contributed by atoms with Crippen molar-refractivity contribution in [3.8, 4) is 5.75 Å². The second kappa shape index (κ2) is 12.2. The average molecular weight is 548 g/mol. The van der Waals surface area contributed by atoms with Crippen molar-refractivity contribution in [2.75, 3.05) is 30.4 Å². The molecule has 0 saturated heterocycles. The summed E-state index contributed by atoms with van der Waals surface area (Å²) in [6.07, 6.45) is 2.82. The topological polar surface area (TPSA) is 70.7 Å². The van der Waals surface area contributed by atoms with Gasteiger partial charge in [-0.2, -0.15) is 0 Å². The summed E-state index contributed by atoms with van der Waals surface area (Å²) in [5, 5.41) is 7.17. The van der Waals surface area contributed by atoms with E-state index in [1.807, 2.05) is 48.2 Å². The molecule has 7 heteroatoms. The zero-order valence-electron chi connectivity index (χ0n) is 23.4. The summed E-state index contributed by atoms with van der Waals surface area (Å²) < 4.78 is 5.63. The molecule has 2 N–H and O–H groups in total. The minimum Gasteiger partial charge on any atom is -0.496 e. The van der Waals surface area contributed by atoms with Crippen LogP contribution >= 0.6 is 11.6 Å². The highest BCUT2D eigenvalue weighted by Crippen LogP contribution is 2.39. The lowest BCUT2D eigenvalue weighted by Gasteiger charge is -2.26. The molecule has 0 saturated carbocycles. The third-order valence-corrected chi connectivity index (χ3v) is 7.36. The molecule has 2 amide bonds. The number of hydrogen-bond acceptors (Lipinski definition) is 4. The van der Waals surface area contributed by atoms with Gasteiger partial charge in [-0.3, -0.25) is 9.59 Å². The molecule has 0 aliphatic carbocycles. The summed E-state index contributed by atoms with van der Waals surface area (Å²) in [7, 11) is 1.54. The normalized spacial score (nSPS) is 15.3. The standard InChI is InChI=1S/C32H38ClN3O3/c1-21-9-6-7-11-25(21)30(37)35-24-13-14-26(29(20-24)39-5)31(38)36-18-8-10-22(16-17-34-32(2,3)4)27-19-23(33)12-15-28(27)36/h6-7,9,11-15,19-20,22,34H,8,10,16-18H2,1-5H3,(H,35,37). The van der Waals surface area contributed by atoms with E-state index in [1.54, 1.807) is 24.3 Å². The van der Waals surface area contributed by atoms with Crippen LogP contribution in [-0.4, -0.2) is 37.6 Å². The quantitative estimate of drug-likeness (QED) is 0.328. The van der Waals surface area contributed by atoms with Gasteiger partial charge in [0.2, 0.25) is 0 Å². The summed E-state index contributed by atoms with van der Waals surface area (Å²) in [4.78, 5) is 28.6. The third-order valence-electron chi connectivity index (χ3n) is 7.13. The fourth-order valence-electron chi connectivity index (χ4n) is 5.12. The highest BCUT2D eigenvalue weighted by Gasteiger charge is 2.29. The molecule has 1 aliphatic rings. The van der Waals surface area contributed by atoms with Crippen molar-refractivity contribution in [1.82, 2.24) is 5.32 Å². The summed E-state index contributed by atoms with van der Waals surface area (Å²) in [5.41, 5.74) is 4.54. The predicted octanol–water partition coefficient (Wildman–Crippen LogP) is 7.21. The molecule has 0 bridgehead atoms. The number of carbonyl (C=O) groups is 2. The molecule has 0 radical (unpaired) electrons. The number of anilines is 2. The Labute approximate surface area is 236 Å². The van der Waals surface area contributed by atoms with Crippen LogP contribution in [0.4, 0.5) is 11.4 Å². The fraction of sp³-hybridized carbons (Fsp3) is 0.375. The number of amides is 2. The Hall–Kier alpha value is -3.35. The predicted molar refractivity (Wildman–Crippen MR) is 160 cm³/mol. The molecule has 1 atom stereocenters. The van der Waals surface area contributed by atoms with Gasteiger partial charge in [-0.15, -0.1) is 0 Å². The van der Waals surface area contributed by atoms with Crippen LogP contribution in [0.1, 0.15) is 77.8 Å². The Balaban J connectivity index is 1.59. The van der Waals surface area contributed by atoms with E-state index in [0.717, 1.165) is 42.6 Å². The molecule has 3 aromatic carbocycles. The molecule has 6 nitrogen and oxygen atoms in total. The zero-order chi connectivity index (χ0) is 28.2. The Morgan fingerprint density at radius 1 is 1.05 bits per heavy atom. The highest BCUT2D eigenvalue weighted by atomic mass is 35.5. The van der Waals surface area contributed by atoms with Gasteiger partial charge in [0, 0.05) is 40.1 Å². The maximum atomic E-state index is 13.9. The molecule has 0 aromatic heterocycles. The van der Waals surface area contributed by atoms with Gasteiger partial charge in [0.1, 0.15) is 5.75 Å². The number of methoxy groups -OCH3 is 1. The van der Waals surface area contributed by atoms with Crippen molar-refractivity contribution >= 4 is 34.8 Å². The van der Waals surface area contributed by atoms with Crippen LogP contribution < -0.4 is 20.3 Å². The molecule has 1 aliphatic heterocycles. The summed E-state index contributed by atoms with van der Waals surface area (Å²) in [5.74, 6) is 0.362. The van der Waals surface area contributed by atoms with Crippen molar-refractivity contribution in [2.24, 2.45) is 0 Å². The van der Waals surface area contributed by atoms with Gasteiger partial charge in [0.05, 0.1) is 12.7 Å². The van der Waals surface area contributed by atoms with Crippen molar-refractivity contribution < 1.29 is 14.3 Å². The van der Waals surface area contributed by atoms with E-state index in [9.17, 15) is 9.59 Å². The van der Waals surface area contributed by atoms with E-state index < -0.39 is 0 Å². The smallest absolute Gasteiger partial charge is 0.262 e. The number of rotatable bonds is 7. The van der Waals surface area contributed by atoms with Crippen LogP contribution in [0.2, 0.25) is 5.02 Å². The van der Waals surface area contributed by atoms with Crippen LogP contribution in [0.3, 0.4) is 0 Å². The number of fused-ring (bicyclic) bond motifs is 1. The first-order valence-electron chi connectivity index (χ1n) is 13.5. The fourth-order valence-corrected chi connectivity index (χ4v) is 5.30. The zero-order valence-corrected chi connectivity index (χ0v) is 24.2. The van der Waals surface area contributed by atoms with E-state index >= 15 is 0 Å².